The number of ether oxygens (including phenoxy) is 1. The zero-order chi connectivity index (χ0) is 14.5. The van der Waals surface area contributed by atoms with Crippen LogP contribution in [0, 0.1) is 6.92 Å². The Morgan fingerprint density at radius 3 is 2.21 bits per heavy atom. The van der Waals surface area contributed by atoms with E-state index in [0.29, 0.717) is 18.8 Å². The lowest BCUT2D eigenvalue weighted by Crippen LogP contribution is -2.32. The molecule has 0 unspecified atom stereocenters. The normalized spacial score (nSPS) is 11.8. The lowest BCUT2D eigenvalue weighted by molar-refractivity contribution is 0.387. The lowest BCUT2D eigenvalue weighted by atomic mass is 10.2. The van der Waals surface area contributed by atoms with Gasteiger partial charge in [-0.05, 0) is 37.5 Å². The van der Waals surface area contributed by atoms with Gasteiger partial charge in [-0.2, -0.15) is 4.31 Å². The Morgan fingerprint density at radius 1 is 1.16 bits per heavy atom. The van der Waals surface area contributed by atoms with Crippen molar-refractivity contribution in [3.63, 3.8) is 0 Å². The van der Waals surface area contributed by atoms with Crippen molar-refractivity contribution in [2.24, 2.45) is 0 Å². The Labute approximate surface area is 116 Å². The standard InChI is InChI=1S/C14H23NO3S/c1-5-9-15(10-6-2)19(16,17)14-11-12(3)7-8-13(14)18-4/h7-8,11H,5-6,9-10H2,1-4H3. The molecule has 0 aliphatic carbocycles. The molecule has 5 heteroatoms. The smallest absolute Gasteiger partial charge is 0.246 e. The summed E-state index contributed by atoms with van der Waals surface area (Å²) in [6.07, 6.45) is 1.60. The SMILES string of the molecule is CCCN(CCC)S(=O)(=O)c1cc(C)ccc1OC. The fourth-order valence-electron chi connectivity index (χ4n) is 1.98. The Bertz CT molecular complexity index is 505. The molecule has 0 radical (unpaired) electrons. The second-order valence-corrected chi connectivity index (χ2v) is 6.46. The van der Waals surface area contributed by atoms with E-state index in [9.17, 15) is 8.42 Å². The fraction of sp³-hybridized carbons (Fsp3) is 0.571. The van der Waals surface area contributed by atoms with Crippen molar-refractivity contribution in [3.05, 3.63) is 23.8 Å². The van der Waals surface area contributed by atoms with Crippen LogP contribution in [0.1, 0.15) is 32.3 Å². The third-order valence-corrected chi connectivity index (χ3v) is 4.80. The molecular formula is C14H23NO3S. The summed E-state index contributed by atoms with van der Waals surface area (Å²) in [5.74, 6) is 0.405. The van der Waals surface area contributed by atoms with Gasteiger partial charge in [0.15, 0.2) is 0 Å². The van der Waals surface area contributed by atoms with Gasteiger partial charge in [0.2, 0.25) is 10.0 Å². The largest absolute Gasteiger partial charge is 0.495 e. The van der Waals surface area contributed by atoms with E-state index in [4.69, 9.17) is 4.74 Å². The van der Waals surface area contributed by atoms with Gasteiger partial charge in [-0.1, -0.05) is 19.9 Å². The number of nitrogens with zero attached hydrogens (tertiary/aromatic N) is 1. The number of aryl methyl sites for hydroxylation is 1. The van der Waals surface area contributed by atoms with Crippen molar-refractivity contribution in [1.29, 1.82) is 0 Å². The summed E-state index contributed by atoms with van der Waals surface area (Å²) in [6.45, 7) is 6.90. The van der Waals surface area contributed by atoms with Crippen LogP contribution in [0.25, 0.3) is 0 Å². The predicted octanol–water partition coefficient (Wildman–Crippen LogP) is 2.81. The van der Waals surface area contributed by atoms with Crippen molar-refractivity contribution in [3.8, 4) is 5.75 Å². The van der Waals surface area contributed by atoms with Gasteiger partial charge in [0.25, 0.3) is 0 Å². The van der Waals surface area contributed by atoms with Crippen LogP contribution in [0.3, 0.4) is 0 Å². The molecule has 0 N–H and O–H groups in total. The van der Waals surface area contributed by atoms with E-state index < -0.39 is 10.0 Å². The van der Waals surface area contributed by atoms with Crippen molar-refractivity contribution in [1.82, 2.24) is 4.31 Å². The highest BCUT2D eigenvalue weighted by Gasteiger charge is 2.26. The molecular weight excluding hydrogens is 262 g/mol. The monoisotopic (exact) mass is 285 g/mol. The highest BCUT2D eigenvalue weighted by Crippen LogP contribution is 2.27. The summed E-state index contributed by atoms with van der Waals surface area (Å²) in [6, 6.07) is 5.23. The molecule has 0 atom stereocenters. The van der Waals surface area contributed by atoms with Gasteiger partial charge in [-0.25, -0.2) is 8.42 Å². The van der Waals surface area contributed by atoms with Crippen LogP contribution in [0.5, 0.6) is 5.75 Å². The number of hydrogen-bond donors (Lipinski definition) is 0. The topological polar surface area (TPSA) is 46.6 Å². The van der Waals surface area contributed by atoms with Crippen molar-refractivity contribution in [2.75, 3.05) is 20.2 Å². The summed E-state index contributed by atoms with van der Waals surface area (Å²) >= 11 is 0. The van der Waals surface area contributed by atoms with Gasteiger partial charge < -0.3 is 4.74 Å². The zero-order valence-electron chi connectivity index (χ0n) is 12.1. The van der Waals surface area contributed by atoms with Crippen molar-refractivity contribution >= 4 is 10.0 Å². The number of methoxy groups -OCH3 is 1. The Kier molecular flexibility index (Phi) is 5.82. The predicted molar refractivity (Wildman–Crippen MR) is 77.1 cm³/mol. The van der Waals surface area contributed by atoms with Crippen molar-refractivity contribution < 1.29 is 13.2 Å². The maximum atomic E-state index is 12.7. The van der Waals surface area contributed by atoms with Gasteiger partial charge in [0, 0.05) is 13.1 Å². The van der Waals surface area contributed by atoms with E-state index in [2.05, 4.69) is 0 Å². The third kappa shape index (κ3) is 3.70. The highest BCUT2D eigenvalue weighted by atomic mass is 32.2. The first-order valence-electron chi connectivity index (χ1n) is 6.62. The molecule has 0 saturated carbocycles. The summed E-state index contributed by atoms with van der Waals surface area (Å²) in [7, 11) is -1.99. The molecule has 0 spiro atoms. The van der Waals surface area contributed by atoms with E-state index in [-0.39, 0.29) is 4.90 Å². The Balaban J connectivity index is 3.27. The van der Waals surface area contributed by atoms with E-state index >= 15 is 0 Å². The van der Waals surface area contributed by atoms with Crippen LogP contribution in [-0.4, -0.2) is 32.9 Å². The minimum atomic E-state index is -3.48. The third-order valence-electron chi connectivity index (χ3n) is 2.88. The van der Waals surface area contributed by atoms with Crippen LogP contribution in [0.4, 0.5) is 0 Å². The molecule has 1 rings (SSSR count). The van der Waals surface area contributed by atoms with E-state index in [0.717, 1.165) is 18.4 Å². The minimum Gasteiger partial charge on any atom is -0.495 e. The highest BCUT2D eigenvalue weighted by molar-refractivity contribution is 7.89. The first kappa shape index (κ1) is 16.0. The molecule has 0 aromatic heterocycles. The average molecular weight is 285 g/mol. The number of hydrogen-bond acceptors (Lipinski definition) is 3. The maximum absolute atomic E-state index is 12.7. The second-order valence-electron chi connectivity index (χ2n) is 4.56. The second kappa shape index (κ2) is 6.91. The molecule has 0 saturated heterocycles. The number of rotatable bonds is 7. The average Bonchev–Trinajstić information content (AvgIpc) is 2.38. The molecule has 0 heterocycles. The van der Waals surface area contributed by atoms with Gasteiger partial charge in [0.1, 0.15) is 10.6 Å². The Morgan fingerprint density at radius 2 is 1.74 bits per heavy atom. The maximum Gasteiger partial charge on any atom is 0.246 e. The molecule has 0 amide bonds. The molecule has 0 fully saturated rings. The lowest BCUT2D eigenvalue weighted by Gasteiger charge is -2.22. The molecule has 1 aromatic rings. The van der Waals surface area contributed by atoms with Gasteiger partial charge >= 0.3 is 0 Å². The molecule has 0 aliphatic rings. The van der Waals surface area contributed by atoms with Crippen LogP contribution in [0.2, 0.25) is 0 Å². The minimum absolute atomic E-state index is 0.261. The molecule has 0 aliphatic heterocycles. The van der Waals surface area contributed by atoms with E-state index in [1.807, 2.05) is 26.8 Å². The molecule has 4 nitrogen and oxygen atoms in total. The molecule has 1 aromatic carbocycles. The van der Waals surface area contributed by atoms with Crippen LogP contribution in [0.15, 0.2) is 23.1 Å². The van der Waals surface area contributed by atoms with Gasteiger partial charge in [0.05, 0.1) is 7.11 Å². The summed E-state index contributed by atoms with van der Waals surface area (Å²) in [4.78, 5) is 0.261. The van der Waals surface area contributed by atoms with E-state index in [1.54, 1.807) is 12.1 Å². The molecule has 0 bridgehead atoms. The van der Waals surface area contributed by atoms with Crippen LogP contribution >= 0.6 is 0 Å². The zero-order valence-corrected chi connectivity index (χ0v) is 13.0. The first-order valence-corrected chi connectivity index (χ1v) is 8.06. The fourth-order valence-corrected chi connectivity index (χ4v) is 3.84. The summed E-state index contributed by atoms with van der Waals surface area (Å²) < 4.78 is 32.1. The Hall–Kier alpha value is -1.07. The van der Waals surface area contributed by atoms with Gasteiger partial charge in [-0.3, -0.25) is 0 Å². The van der Waals surface area contributed by atoms with E-state index in [1.165, 1.54) is 11.4 Å². The van der Waals surface area contributed by atoms with Crippen molar-refractivity contribution in [2.45, 2.75) is 38.5 Å². The quantitative estimate of drug-likeness (QED) is 0.774. The number of sulfonamides is 1. The molecule has 108 valence electrons. The first-order chi connectivity index (χ1) is 8.97. The summed E-state index contributed by atoms with van der Waals surface area (Å²) in [5.41, 5.74) is 0.910. The molecule has 19 heavy (non-hydrogen) atoms. The van der Waals surface area contributed by atoms with Gasteiger partial charge in [-0.15, -0.1) is 0 Å². The van der Waals surface area contributed by atoms with Crippen LogP contribution < -0.4 is 4.74 Å². The summed E-state index contributed by atoms with van der Waals surface area (Å²) in [5, 5.41) is 0. The van der Waals surface area contributed by atoms with Crippen LogP contribution in [-0.2, 0) is 10.0 Å². The number of benzene rings is 1.